The molecule has 2 heterocycles. The molecule has 1 aliphatic rings. The first-order valence-electron chi connectivity index (χ1n) is 8.47. The molecule has 0 radical (unpaired) electrons. The van der Waals surface area contributed by atoms with E-state index in [1.165, 1.54) is 38.1 Å². The molecular formula is C20H20F2N2. The zero-order valence-electron chi connectivity index (χ0n) is 13.5. The number of nitrogens with zero attached hydrogens (tertiary/aromatic N) is 2. The Morgan fingerprint density at radius 2 is 1.62 bits per heavy atom. The summed E-state index contributed by atoms with van der Waals surface area (Å²) < 4.78 is 29.4. The highest BCUT2D eigenvalue weighted by atomic mass is 19.1. The van der Waals surface area contributed by atoms with Crippen LogP contribution in [-0.4, -0.2) is 29.1 Å². The minimum absolute atomic E-state index is 0.546. The molecule has 0 bridgehead atoms. The average Bonchev–Trinajstić information content (AvgIpc) is 3.21. The minimum Gasteiger partial charge on any atom is -0.346 e. The molecule has 0 atom stereocenters. The van der Waals surface area contributed by atoms with Gasteiger partial charge in [-0.3, -0.25) is 0 Å². The molecule has 4 heteroatoms. The van der Waals surface area contributed by atoms with Crippen molar-refractivity contribution in [3.05, 3.63) is 60.3 Å². The van der Waals surface area contributed by atoms with E-state index in [1.54, 1.807) is 0 Å². The van der Waals surface area contributed by atoms with Gasteiger partial charge < -0.3 is 9.47 Å². The van der Waals surface area contributed by atoms with E-state index in [9.17, 15) is 8.78 Å². The third-order valence-electron chi connectivity index (χ3n) is 4.84. The lowest BCUT2D eigenvalue weighted by atomic mass is 10.0. The van der Waals surface area contributed by atoms with Gasteiger partial charge in [0.15, 0.2) is 0 Å². The summed E-state index contributed by atoms with van der Waals surface area (Å²) >= 11 is 0. The van der Waals surface area contributed by atoms with Crippen molar-refractivity contribution >= 4 is 10.9 Å². The lowest BCUT2D eigenvalue weighted by molar-refractivity contribution is 0.324. The van der Waals surface area contributed by atoms with Gasteiger partial charge in [0.05, 0.1) is 0 Å². The number of rotatable bonds is 4. The van der Waals surface area contributed by atoms with Crippen LogP contribution in [0, 0.1) is 11.6 Å². The number of hydrogen-bond donors (Lipinski definition) is 0. The van der Waals surface area contributed by atoms with Gasteiger partial charge in [-0.2, -0.15) is 0 Å². The SMILES string of the molecule is Fc1cc(F)cc(-c2cccc3c2ccn3CCN2CCCC2)c1. The summed E-state index contributed by atoms with van der Waals surface area (Å²) in [5.74, 6) is -1.09. The Morgan fingerprint density at radius 1 is 0.875 bits per heavy atom. The Kier molecular flexibility index (Phi) is 4.07. The van der Waals surface area contributed by atoms with Gasteiger partial charge in [-0.15, -0.1) is 0 Å². The van der Waals surface area contributed by atoms with Crippen molar-refractivity contribution in [3.8, 4) is 11.1 Å². The van der Waals surface area contributed by atoms with Crippen molar-refractivity contribution in [2.24, 2.45) is 0 Å². The first-order valence-corrected chi connectivity index (χ1v) is 8.47. The van der Waals surface area contributed by atoms with E-state index in [2.05, 4.69) is 21.7 Å². The predicted octanol–water partition coefficient (Wildman–Crippen LogP) is 4.68. The van der Waals surface area contributed by atoms with Crippen molar-refractivity contribution in [1.82, 2.24) is 9.47 Å². The normalized spacial score (nSPS) is 15.4. The van der Waals surface area contributed by atoms with Crippen LogP contribution in [0.2, 0.25) is 0 Å². The smallest absolute Gasteiger partial charge is 0.126 e. The Balaban J connectivity index is 1.68. The van der Waals surface area contributed by atoms with Gasteiger partial charge >= 0.3 is 0 Å². The first-order chi connectivity index (χ1) is 11.7. The maximum atomic E-state index is 13.6. The number of likely N-dealkylation sites (tertiary alicyclic amines) is 1. The molecule has 2 aromatic carbocycles. The number of halogens is 2. The van der Waals surface area contributed by atoms with Crippen LogP contribution in [0.15, 0.2) is 48.7 Å². The van der Waals surface area contributed by atoms with E-state index in [1.807, 2.05) is 18.2 Å². The fraction of sp³-hybridized carbons (Fsp3) is 0.300. The third-order valence-corrected chi connectivity index (χ3v) is 4.84. The van der Waals surface area contributed by atoms with Gasteiger partial charge in [0.1, 0.15) is 11.6 Å². The van der Waals surface area contributed by atoms with Crippen LogP contribution in [0.25, 0.3) is 22.0 Å². The third kappa shape index (κ3) is 2.94. The van der Waals surface area contributed by atoms with Crippen LogP contribution in [0.3, 0.4) is 0 Å². The molecule has 124 valence electrons. The number of aromatic nitrogens is 1. The summed E-state index contributed by atoms with van der Waals surface area (Å²) in [4.78, 5) is 2.48. The Bertz CT molecular complexity index is 843. The Hall–Kier alpha value is -2.20. The molecule has 0 unspecified atom stereocenters. The summed E-state index contributed by atoms with van der Waals surface area (Å²) in [6, 6.07) is 11.7. The highest BCUT2D eigenvalue weighted by molar-refractivity contribution is 5.95. The van der Waals surface area contributed by atoms with Crippen molar-refractivity contribution in [1.29, 1.82) is 0 Å². The van der Waals surface area contributed by atoms with Gasteiger partial charge in [0, 0.05) is 36.3 Å². The van der Waals surface area contributed by atoms with Gasteiger partial charge in [-0.1, -0.05) is 12.1 Å². The van der Waals surface area contributed by atoms with Gasteiger partial charge in [-0.05, 0) is 61.3 Å². The summed E-state index contributed by atoms with van der Waals surface area (Å²) in [7, 11) is 0. The van der Waals surface area contributed by atoms with Gasteiger partial charge in [0.2, 0.25) is 0 Å². The van der Waals surface area contributed by atoms with Crippen LogP contribution < -0.4 is 0 Å². The highest BCUT2D eigenvalue weighted by Gasteiger charge is 2.13. The standard InChI is InChI=1S/C20H20F2N2/c21-16-12-15(13-17(22)14-16)18-4-3-5-20-19(18)6-9-24(20)11-10-23-7-1-2-8-23/h3-6,9,12-14H,1-2,7-8,10-11H2. The van der Waals surface area contributed by atoms with E-state index in [-0.39, 0.29) is 0 Å². The fourth-order valence-corrected chi connectivity index (χ4v) is 3.63. The van der Waals surface area contributed by atoms with E-state index >= 15 is 0 Å². The van der Waals surface area contributed by atoms with Crippen LogP contribution in [0.4, 0.5) is 8.78 Å². The number of fused-ring (bicyclic) bond motifs is 1. The zero-order chi connectivity index (χ0) is 16.5. The molecule has 0 spiro atoms. The first kappa shape index (κ1) is 15.3. The highest BCUT2D eigenvalue weighted by Crippen LogP contribution is 2.30. The molecule has 0 amide bonds. The molecule has 3 aromatic rings. The second-order valence-electron chi connectivity index (χ2n) is 6.45. The molecule has 2 nitrogen and oxygen atoms in total. The second-order valence-corrected chi connectivity index (χ2v) is 6.45. The van der Waals surface area contributed by atoms with Crippen LogP contribution in [0.1, 0.15) is 12.8 Å². The molecular weight excluding hydrogens is 306 g/mol. The number of hydrogen-bond acceptors (Lipinski definition) is 1. The van der Waals surface area contributed by atoms with Crippen LogP contribution in [-0.2, 0) is 6.54 Å². The average molecular weight is 326 g/mol. The van der Waals surface area contributed by atoms with E-state index < -0.39 is 11.6 Å². The molecule has 0 saturated carbocycles. The lowest BCUT2D eigenvalue weighted by Gasteiger charge is -2.15. The predicted molar refractivity (Wildman–Crippen MR) is 93.0 cm³/mol. The van der Waals surface area contributed by atoms with Crippen molar-refractivity contribution in [2.45, 2.75) is 19.4 Å². The molecule has 24 heavy (non-hydrogen) atoms. The van der Waals surface area contributed by atoms with Crippen LogP contribution in [0.5, 0.6) is 0 Å². The monoisotopic (exact) mass is 326 g/mol. The number of benzene rings is 2. The largest absolute Gasteiger partial charge is 0.346 e. The maximum Gasteiger partial charge on any atom is 0.126 e. The van der Waals surface area contributed by atoms with Crippen molar-refractivity contribution in [3.63, 3.8) is 0 Å². The minimum atomic E-state index is -0.546. The van der Waals surface area contributed by atoms with Crippen molar-refractivity contribution < 1.29 is 8.78 Å². The Morgan fingerprint density at radius 3 is 2.38 bits per heavy atom. The summed E-state index contributed by atoms with van der Waals surface area (Å²) in [5.41, 5.74) is 2.55. The van der Waals surface area contributed by atoms with E-state index in [0.717, 1.165) is 35.6 Å². The van der Waals surface area contributed by atoms with Gasteiger partial charge in [0.25, 0.3) is 0 Å². The van der Waals surface area contributed by atoms with E-state index in [0.29, 0.717) is 5.56 Å². The quantitative estimate of drug-likeness (QED) is 0.676. The lowest BCUT2D eigenvalue weighted by Crippen LogP contribution is -2.23. The molecule has 1 aromatic heterocycles. The summed E-state index contributed by atoms with van der Waals surface area (Å²) in [6.07, 6.45) is 4.66. The summed E-state index contributed by atoms with van der Waals surface area (Å²) in [6.45, 7) is 4.35. The summed E-state index contributed by atoms with van der Waals surface area (Å²) in [5, 5.41) is 1.03. The van der Waals surface area contributed by atoms with Crippen LogP contribution >= 0.6 is 0 Å². The molecule has 1 fully saturated rings. The zero-order valence-corrected chi connectivity index (χ0v) is 13.5. The molecule has 0 aliphatic carbocycles. The molecule has 1 aliphatic heterocycles. The molecule has 0 N–H and O–H groups in total. The fourth-order valence-electron chi connectivity index (χ4n) is 3.63. The Labute approximate surface area is 140 Å². The van der Waals surface area contributed by atoms with E-state index in [4.69, 9.17) is 0 Å². The second kappa shape index (κ2) is 6.36. The van der Waals surface area contributed by atoms with Gasteiger partial charge in [-0.25, -0.2) is 8.78 Å². The van der Waals surface area contributed by atoms with Crippen molar-refractivity contribution in [2.75, 3.05) is 19.6 Å². The maximum absolute atomic E-state index is 13.6. The molecule has 1 saturated heterocycles. The topological polar surface area (TPSA) is 8.17 Å². The molecule has 4 rings (SSSR count).